The molecule has 2 aromatic rings. The summed E-state index contributed by atoms with van der Waals surface area (Å²) < 4.78 is 0. The Bertz CT molecular complexity index is 980. The van der Waals surface area contributed by atoms with Crippen LogP contribution in [0.4, 0.5) is 0 Å². The van der Waals surface area contributed by atoms with E-state index in [1.807, 2.05) is 18.2 Å². The molecule has 5 heteroatoms. The highest BCUT2D eigenvalue weighted by molar-refractivity contribution is 7.99. The van der Waals surface area contributed by atoms with Gasteiger partial charge in [-0.1, -0.05) is 57.7 Å². The number of fused-ring (bicyclic) bond motifs is 2. The van der Waals surface area contributed by atoms with E-state index in [9.17, 15) is 9.59 Å². The van der Waals surface area contributed by atoms with Crippen molar-refractivity contribution in [2.75, 3.05) is 39.3 Å². The van der Waals surface area contributed by atoms with Gasteiger partial charge in [-0.3, -0.25) is 9.59 Å². The molecular formula is C29H40N2O2S. The van der Waals surface area contributed by atoms with Crippen LogP contribution in [0.2, 0.25) is 0 Å². The van der Waals surface area contributed by atoms with Gasteiger partial charge in [0.25, 0.3) is 0 Å². The van der Waals surface area contributed by atoms with Crippen LogP contribution >= 0.6 is 11.8 Å². The maximum Gasteiger partial charge on any atom is 0.163 e. The number of carbonyl (C=O) groups excluding carboxylic acids is 2. The molecular weight excluding hydrogens is 440 g/mol. The summed E-state index contributed by atoms with van der Waals surface area (Å²) in [5.74, 6) is 0.447. The second-order valence-electron chi connectivity index (χ2n) is 8.99. The summed E-state index contributed by atoms with van der Waals surface area (Å²) in [5.41, 5.74) is 3.94. The molecule has 0 fully saturated rings. The molecule has 3 rings (SSSR count). The largest absolute Gasteiger partial charge is 0.304 e. The monoisotopic (exact) mass is 480 g/mol. The Kier molecular flexibility index (Phi) is 10.4. The van der Waals surface area contributed by atoms with Crippen molar-refractivity contribution in [1.29, 1.82) is 0 Å². The van der Waals surface area contributed by atoms with Crippen molar-refractivity contribution in [3.63, 3.8) is 0 Å². The van der Waals surface area contributed by atoms with Crippen molar-refractivity contribution in [2.24, 2.45) is 0 Å². The van der Waals surface area contributed by atoms with Crippen LogP contribution in [-0.2, 0) is 6.42 Å². The van der Waals surface area contributed by atoms with Gasteiger partial charge in [-0.2, -0.15) is 0 Å². The molecule has 0 bridgehead atoms. The van der Waals surface area contributed by atoms with Gasteiger partial charge in [0.1, 0.15) is 0 Å². The number of carbonyl (C=O) groups is 2. The zero-order chi connectivity index (χ0) is 24.5. The Morgan fingerprint density at radius 2 is 1.41 bits per heavy atom. The predicted octanol–water partition coefficient (Wildman–Crippen LogP) is 6.35. The van der Waals surface area contributed by atoms with Crippen LogP contribution < -0.4 is 0 Å². The van der Waals surface area contributed by atoms with Gasteiger partial charge in [-0.05, 0) is 81.4 Å². The van der Waals surface area contributed by atoms with E-state index < -0.39 is 0 Å². The van der Waals surface area contributed by atoms with Crippen LogP contribution in [-0.4, -0.2) is 60.6 Å². The van der Waals surface area contributed by atoms with Gasteiger partial charge in [0, 0.05) is 40.2 Å². The number of nitrogens with zero attached hydrogens (tertiary/aromatic N) is 2. The Morgan fingerprint density at radius 1 is 0.794 bits per heavy atom. The summed E-state index contributed by atoms with van der Waals surface area (Å²) in [6.45, 7) is 14.7. The molecule has 0 amide bonds. The minimum absolute atomic E-state index is 0.214. The molecule has 0 aromatic heterocycles. The number of hydrogen-bond acceptors (Lipinski definition) is 5. The third-order valence-corrected chi connectivity index (χ3v) is 8.17. The molecule has 0 spiro atoms. The van der Waals surface area contributed by atoms with Crippen LogP contribution in [0.25, 0.3) is 0 Å². The predicted molar refractivity (Wildman–Crippen MR) is 143 cm³/mol. The fraction of sp³-hybridized carbons (Fsp3) is 0.517. The first kappa shape index (κ1) is 26.7. The van der Waals surface area contributed by atoms with E-state index in [4.69, 9.17) is 0 Å². The average molecular weight is 481 g/mol. The Hall–Kier alpha value is -1.95. The van der Waals surface area contributed by atoms with E-state index in [0.717, 1.165) is 80.8 Å². The molecule has 0 saturated heterocycles. The zero-order valence-electron chi connectivity index (χ0n) is 21.4. The number of rotatable bonds is 14. The zero-order valence-corrected chi connectivity index (χ0v) is 22.2. The van der Waals surface area contributed by atoms with Gasteiger partial charge >= 0.3 is 0 Å². The molecule has 2 aromatic carbocycles. The van der Waals surface area contributed by atoms with Crippen molar-refractivity contribution in [3.8, 4) is 0 Å². The smallest absolute Gasteiger partial charge is 0.163 e. The summed E-state index contributed by atoms with van der Waals surface area (Å²) >= 11 is 1.72. The normalized spacial score (nSPS) is 12.6. The van der Waals surface area contributed by atoms with Gasteiger partial charge in [0.05, 0.1) is 0 Å². The lowest BCUT2D eigenvalue weighted by atomic mass is 9.93. The first-order chi connectivity index (χ1) is 16.5. The van der Waals surface area contributed by atoms with Gasteiger partial charge in [-0.15, -0.1) is 0 Å². The quantitative estimate of drug-likeness (QED) is 0.251. The van der Waals surface area contributed by atoms with Crippen LogP contribution in [0.1, 0.15) is 85.2 Å². The van der Waals surface area contributed by atoms with Crippen molar-refractivity contribution in [1.82, 2.24) is 9.80 Å². The number of ketones is 2. The fourth-order valence-corrected chi connectivity index (χ4v) is 5.78. The third-order valence-electron chi connectivity index (χ3n) is 6.95. The van der Waals surface area contributed by atoms with E-state index in [1.54, 1.807) is 11.8 Å². The van der Waals surface area contributed by atoms with Crippen molar-refractivity contribution < 1.29 is 9.59 Å². The second-order valence-corrected chi connectivity index (χ2v) is 10.1. The highest BCUT2D eigenvalue weighted by atomic mass is 32.2. The molecule has 0 N–H and O–H groups in total. The average Bonchev–Trinajstić information content (AvgIpc) is 2.87. The minimum atomic E-state index is 0.214. The first-order valence-electron chi connectivity index (χ1n) is 12.9. The standard InChI is InChI=1S/C29H40N2O2S/c1-5-30(6-2)18-10-13-26(32)22-16-17-28-23(20-22)21-25-24(12-9-15-29(25)34-28)27(33)14-11-19-31(7-3)8-4/h9,12,15-17,20H,5-8,10-11,13-14,18-19,21H2,1-4H3. The first-order valence-corrected chi connectivity index (χ1v) is 13.8. The molecule has 4 nitrogen and oxygen atoms in total. The number of benzene rings is 2. The van der Waals surface area contributed by atoms with E-state index in [0.29, 0.717) is 12.8 Å². The lowest BCUT2D eigenvalue weighted by Crippen LogP contribution is -2.24. The molecule has 1 heterocycles. The maximum absolute atomic E-state index is 13.1. The summed E-state index contributed by atoms with van der Waals surface area (Å²) in [5, 5.41) is 0. The Balaban J connectivity index is 1.68. The van der Waals surface area contributed by atoms with Gasteiger partial charge in [-0.25, -0.2) is 0 Å². The molecule has 0 unspecified atom stereocenters. The highest BCUT2D eigenvalue weighted by Crippen LogP contribution is 2.41. The van der Waals surface area contributed by atoms with Crippen LogP contribution in [0.15, 0.2) is 46.2 Å². The molecule has 0 saturated carbocycles. The van der Waals surface area contributed by atoms with Crippen LogP contribution in [0.3, 0.4) is 0 Å². The topological polar surface area (TPSA) is 40.6 Å². The van der Waals surface area contributed by atoms with Gasteiger partial charge in [0.15, 0.2) is 11.6 Å². The summed E-state index contributed by atoms with van der Waals surface area (Å²) in [6.07, 6.45) is 3.66. The van der Waals surface area contributed by atoms with Gasteiger partial charge < -0.3 is 9.80 Å². The lowest BCUT2D eigenvalue weighted by Gasteiger charge is -2.22. The molecule has 1 aliphatic rings. The third kappa shape index (κ3) is 6.80. The molecule has 1 aliphatic heterocycles. The van der Waals surface area contributed by atoms with E-state index in [1.165, 1.54) is 9.79 Å². The van der Waals surface area contributed by atoms with Crippen molar-refractivity contribution >= 4 is 23.3 Å². The molecule has 0 radical (unpaired) electrons. The summed E-state index contributed by atoms with van der Waals surface area (Å²) in [6, 6.07) is 12.2. The van der Waals surface area contributed by atoms with E-state index in [2.05, 4.69) is 55.7 Å². The summed E-state index contributed by atoms with van der Waals surface area (Å²) in [4.78, 5) is 33.0. The van der Waals surface area contributed by atoms with E-state index in [-0.39, 0.29) is 11.6 Å². The summed E-state index contributed by atoms with van der Waals surface area (Å²) in [7, 11) is 0. The van der Waals surface area contributed by atoms with E-state index >= 15 is 0 Å². The molecule has 184 valence electrons. The highest BCUT2D eigenvalue weighted by Gasteiger charge is 2.22. The van der Waals surface area contributed by atoms with Crippen molar-refractivity contribution in [2.45, 2.75) is 69.6 Å². The Morgan fingerprint density at radius 3 is 2.03 bits per heavy atom. The van der Waals surface area contributed by atoms with Crippen molar-refractivity contribution in [3.05, 3.63) is 58.7 Å². The second kappa shape index (κ2) is 13.2. The van der Waals surface area contributed by atoms with Crippen LogP contribution in [0, 0.1) is 0 Å². The molecule has 0 aliphatic carbocycles. The number of Topliss-reactive ketones (excluding diaryl/α,β-unsaturated/α-hetero) is 2. The Labute approximate surface area is 210 Å². The maximum atomic E-state index is 13.1. The molecule has 0 atom stereocenters. The van der Waals surface area contributed by atoms with Gasteiger partial charge in [0.2, 0.25) is 0 Å². The fourth-order valence-electron chi connectivity index (χ4n) is 4.69. The van der Waals surface area contributed by atoms with Crippen LogP contribution in [0.5, 0.6) is 0 Å². The SMILES string of the molecule is CCN(CC)CCCC(=O)c1ccc2c(c1)Cc1c(cccc1C(=O)CCCN(CC)CC)S2. The number of hydrogen-bond donors (Lipinski definition) is 0. The molecule has 34 heavy (non-hydrogen) atoms. The minimum Gasteiger partial charge on any atom is -0.304 e. The lowest BCUT2D eigenvalue weighted by molar-refractivity contribution is 0.0966.